The number of nitrogens with one attached hydrogen (secondary N) is 1. The van der Waals surface area contributed by atoms with E-state index in [1.165, 1.54) is 17.4 Å². The first-order valence-corrected chi connectivity index (χ1v) is 7.09. The number of pyridine rings is 1. The fourth-order valence-corrected chi connectivity index (χ4v) is 2.56. The van der Waals surface area contributed by atoms with Crippen molar-refractivity contribution in [3.8, 4) is 0 Å². The Balaban J connectivity index is 2.33. The Hall–Kier alpha value is -2.06. The molecule has 2 aromatic heterocycles. The van der Waals surface area contributed by atoms with Crippen LogP contribution in [0.4, 0.5) is 5.69 Å². The third-order valence-corrected chi connectivity index (χ3v) is 3.99. The summed E-state index contributed by atoms with van der Waals surface area (Å²) in [6.45, 7) is 3.52. The summed E-state index contributed by atoms with van der Waals surface area (Å²) in [6, 6.07) is 1.17. The van der Waals surface area contributed by atoms with Crippen molar-refractivity contribution in [2.75, 3.05) is 0 Å². The predicted molar refractivity (Wildman–Crippen MR) is 78.5 cm³/mol. The fourth-order valence-electron chi connectivity index (χ4n) is 1.69. The fraction of sp³-hybridized carbons (Fsp3) is 0.250. The Morgan fingerprint density at radius 1 is 1.48 bits per heavy atom. The lowest BCUT2D eigenvalue weighted by molar-refractivity contribution is -0.385. The normalized spacial score (nSPS) is 11.2. The lowest BCUT2D eigenvalue weighted by atomic mass is 10.1. The first-order chi connectivity index (χ1) is 9.81. The topological polar surface area (TPSA) is 98.0 Å². The summed E-state index contributed by atoms with van der Waals surface area (Å²) in [5.74, 6) is -0.605. The molecule has 21 heavy (non-hydrogen) atoms. The molecule has 0 saturated heterocycles. The molecule has 0 saturated carbocycles. The molecular weight excluding hydrogens is 316 g/mol. The van der Waals surface area contributed by atoms with Gasteiger partial charge in [-0.15, -0.1) is 11.3 Å². The molecule has 2 aromatic rings. The van der Waals surface area contributed by atoms with Crippen molar-refractivity contribution in [2.45, 2.75) is 19.4 Å². The number of aromatic nitrogens is 2. The number of nitrogens with zero attached hydrogens (tertiary/aromatic N) is 3. The van der Waals surface area contributed by atoms with Crippen molar-refractivity contribution in [3.05, 3.63) is 49.7 Å². The van der Waals surface area contributed by atoms with Crippen LogP contribution < -0.4 is 5.32 Å². The SMILES string of the molecule is CC(C)(NC(=O)c1cc(Cl)ncc1[N+](=O)[O-])c1nccs1. The Labute approximate surface area is 129 Å². The molecule has 1 amide bonds. The van der Waals surface area contributed by atoms with Crippen LogP contribution in [0.3, 0.4) is 0 Å². The zero-order chi connectivity index (χ0) is 15.6. The Morgan fingerprint density at radius 3 is 2.76 bits per heavy atom. The van der Waals surface area contributed by atoms with E-state index in [1.807, 2.05) is 0 Å². The van der Waals surface area contributed by atoms with Gasteiger partial charge in [-0.3, -0.25) is 14.9 Å². The summed E-state index contributed by atoms with van der Waals surface area (Å²) in [5, 5.41) is 16.2. The largest absolute Gasteiger partial charge is 0.340 e. The van der Waals surface area contributed by atoms with Crippen LogP contribution in [0.5, 0.6) is 0 Å². The van der Waals surface area contributed by atoms with Crippen molar-refractivity contribution < 1.29 is 9.72 Å². The molecule has 0 fully saturated rings. The summed E-state index contributed by atoms with van der Waals surface area (Å²) in [5.41, 5.74) is -1.29. The molecule has 0 aliphatic rings. The van der Waals surface area contributed by atoms with Crippen LogP contribution in [-0.4, -0.2) is 20.8 Å². The van der Waals surface area contributed by atoms with E-state index in [2.05, 4.69) is 15.3 Å². The average molecular weight is 327 g/mol. The Morgan fingerprint density at radius 2 is 2.19 bits per heavy atom. The number of amides is 1. The maximum atomic E-state index is 12.3. The van der Waals surface area contributed by atoms with Crippen LogP contribution in [-0.2, 0) is 5.54 Å². The molecule has 0 aliphatic carbocycles. The molecule has 7 nitrogen and oxygen atoms in total. The Kier molecular flexibility index (Phi) is 4.19. The lowest BCUT2D eigenvalue weighted by Gasteiger charge is -2.23. The molecule has 9 heteroatoms. The molecule has 0 aromatic carbocycles. The number of nitro groups is 1. The first kappa shape index (κ1) is 15.3. The van der Waals surface area contributed by atoms with E-state index in [4.69, 9.17) is 11.6 Å². The van der Waals surface area contributed by atoms with Crippen LogP contribution in [0.1, 0.15) is 29.2 Å². The minimum atomic E-state index is -0.755. The number of carbonyl (C=O) groups is 1. The second-order valence-electron chi connectivity index (χ2n) is 4.70. The van der Waals surface area contributed by atoms with E-state index in [9.17, 15) is 14.9 Å². The van der Waals surface area contributed by atoms with Crippen LogP contribution in [0.15, 0.2) is 23.8 Å². The number of carbonyl (C=O) groups excluding carboxylic acids is 1. The van der Waals surface area contributed by atoms with Crippen LogP contribution in [0.25, 0.3) is 0 Å². The minimum absolute atomic E-state index is 0.0119. The maximum absolute atomic E-state index is 12.3. The van der Waals surface area contributed by atoms with Gasteiger partial charge in [0, 0.05) is 11.6 Å². The van der Waals surface area contributed by atoms with Crippen molar-refractivity contribution in [1.82, 2.24) is 15.3 Å². The van der Waals surface area contributed by atoms with Gasteiger partial charge in [0.25, 0.3) is 11.6 Å². The molecule has 0 atom stereocenters. The zero-order valence-corrected chi connectivity index (χ0v) is 12.7. The second kappa shape index (κ2) is 5.74. The highest BCUT2D eigenvalue weighted by molar-refractivity contribution is 7.09. The van der Waals surface area contributed by atoms with Gasteiger partial charge in [0.2, 0.25) is 0 Å². The standard InChI is InChI=1S/C12H11ClN4O3S/c1-12(2,11-14-3-4-21-11)16-10(18)7-5-9(13)15-6-8(7)17(19)20/h3-6H,1-2H3,(H,16,18). The summed E-state index contributed by atoms with van der Waals surface area (Å²) in [7, 11) is 0. The molecule has 1 N–H and O–H groups in total. The predicted octanol–water partition coefficient (Wildman–Crippen LogP) is 2.76. The molecule has 0 bridgehead atoms. The lowest BCUT2D eigenvalue weighted by Crippen LogP contribution is -2.41. The van der Waals surface area contributed by atoms with Crippen molar-refractivity contribution in [3.63, 3.8) is 0 Å². The molecule has 0 unspecified atom stereocenters. The van der Waals surface area contributed by atoms with E-state index in [1.54, 1.807) is 25.4 Å². The maximum Gasteiger partial charge on any atom is 0.300 e. The van der Waals surface area contributed by atoms with Crippen molar-refractivity contribution >= 4 is 34.5 Å². The summed E-state index contributed by atoms with van der Waals surface area (Å²) >= 11 is 7.09. The third-order valence-electron chi connectivity index (χ3n) is 2.68. The molecule has 110 valence electrons. The number of thiazole rings is 1. The van der Waals surface area contributed by atoms with Gasteiger partial charge in [0.05, 0.1) is 10.5 Å². The molecule has 0 aliphatic heterocycles. The number of hydrogen-bond donors (Lipinski definition) is 1. The second-order valence-corrected chi connectivity index (χ2v) is 5.98. The third kappa shape index (κ3) is 3.34. The van der Waals surface area contributed by atoms with Gasteiger partial charge < -0.3 is 5.32 Å². The van der Waals surface area contributed by atoms with Gasteiger partial charge >= 0.3 is 0 Å². The highest BCUT2D eigenvalue weighted by Crippen LogP contribution is 2.25. The van der Waals surface area contributed by atoms with E-state index >= 15 is 0 Å². The summed E-state index contributed by atoms with van der Waals surface area (Å²) < 4.78 is 0. The van der Waals surface area contributed by atoms with Gasteiger partial charge in [-0.1, -0.05) is 11.6 Å². The monoisotopic (exact) mass is 326 g/mol. The number of rotatable bonds is 4. The van der Waals surface area contributed by atoms with Crippen molar-refractivity contribution in [2.24, 2.45) is 0 Å². The highest BCUT2D eigenvalue weighted by atomic mass is 35.5. The Bertz CT molecular complexity index is 688. The van der Waals surface area contributed by atoms with Gasteiger partial charge in [0.15, 0.2) is 0 Å². The molecule has 2 rings (SSSR count). The molecular formula is C12H11ClN4O3S. The van der Waals surface area contributed by atoms with Gasteiger partial charge in [-0.25, -0.2) is 9.97 Å². The average Bonchev–Trinajstić information content (AvgIpc) is 2.92. The minimum Gasteiger partial charge on any atom is -0.340 e. The van der Waals surface area contributed by atoms with Crippen LogP contribution >= 0.6 is 22.9 Å². The van der Waals surface area contributed by atoms with Gasteiger partial charge in [-0.05, 0) is 19.9 Å². The zero-order valence-electron chi connectivity index (χ0n) is 11.2. The number of halogens is 1. The highest BCUT2D eigenvalue weighted by Gasteiger charge is 2.29. The molecule has 2 heterocycles. The first-order valence-electron chi connectivity index (χ1n) is 5.83. The van der Waals surface area contributed by atoms with E-state index in [0.717, 1.165) is 6.20 Å². The summed E-state index contributed by atoms with van der Waals surface area (Å²) in [4.78, 5) is 30.4. The van der Waals surface area contributed by atoms with E-state index in [-0.39, 0.29) is 10.7 Å². The molecule has 0 spiro atoms. The van der Waals surface area contributed by atoms with Crippen LogP contribution in [0.2, 0.25) is 5.15 Å². The van der Waals surface area contributed by atoms with Crippen molar-refractivity contribution in [1.29, 1.82) is 0 Å². The quantitative estimate of drug-likeness (QED) is 0.529. The molecule has 0 radical (unpaired) electrons. The summed E-state index contributed by atoms with van der Waals surface area (Å²) in [6.07, 6.45) is 2.59. The van der Waals surface area contributed by atoms with Gasteiger partial charge in [-0.2, -0.15) is 0 Å². The number of hydrogen-bond acceptors (Lipinski definition) is 6. The van der Waals surface area contributed by atoms with E-state index < -0.39 is 22.1 Å². The smallest absolute Gasteiger partial charge is 0.300 e. The van der Waals surface area contributed by atoms with Crippen LogP contribution in [0, 0.1) is 10.1 Å². The van der Waals surface area contributed by atoms with E-state index in [0.29, 0.717) is 5.01 Å². The van der Waals surface area contributed by atoms with Gasteiger partial charge in [0.1, 0.15) is 21.9 Å².